The van der Waals surface area contributed by atoms with Crippen molar-refractivity contribution in [3.8, 4) is 0 Å². The molecule has 1 atom stereocenters. The molecule has 0 heterocycles. The average molecular weight is 296 g/mol. The van der Waals surface area contributed by atoms with Gasteiger partial charge in [-0.3, -0.25) is 4.79 Å². The molecule has 0 aliphatic rings. The fraction of sp³-hybridized carbons (Fsp3) is 0.950. The van der Waals surface area contributed by atoms with E-state index in [4.69, 9.17) is 0 Å². The highest BCUT2D eigenvalue weighted by molar-refractivity contribution is 5.50. The Labute approximate surface area is 134 Å². The summed E-state index contributed by atoms with van der Waals surface area (Å²) in [6, 6.07) is 0. The fourth-order valence-corrected chi connectivity index (χ4v) is 3.02. The van der Waals surface area contributed by atoms with E-state index in [-0.39, 0.29) is 0 Å². The summed E-state index contributed by atoms with van der Waals surface area (Å²) in [6.07, 6.45) is 23.4. The molecule has 125 valence electrons. The van der Waals surface area contributed by atoms with Crippen molar-refractivity contribution in [2.45, 2.75) is 117 Å². The van der Waals surface area contributed by atoms with Crippen LogP contribution in [0.5, 0.6) is 0 Å². The van der Waals surface area contributed by atoms with Crippen molar-refractivity contribution in [2.24, 2.45) is 5.92 Å². The molecule has 0 aliphatic carbocycles. The van der Waals surface area contributed by atoms with Crippen LogP contribution in [0.4, 0.5) is 0 Å². The molecular weight excluding hydrogens is 256 g/mol. The van der Waals surface area contributed by atoms with Crippen LogP contribution in [0.15, 0.2) is 0 Å². The molecule has 21 heavy (non-hydrogen) atoms. The topological polar surface area (TPSA) is 17.1 Å². The van der Waals surface area contributed by atoms with Gasteiger partial charge in [0.15, 0.2) is 6.29 Å². The zero-order valence-corrected chi connectivity index (χ0v) is 14.8. The van der Waals surface area contributed by atoms with Gasteiger partial charge in [0, 0.05) is 6.42 Å². The molecule has 1 heteroatoms. The second kappa shape index (κ2) is 17.7. The molecule has 1 nitrogen and oxygen atoms in total. The van der Waals surface area contributed by atoms with Crippen LogP contribution < -0.4 is 0 Å². The summed E-state index contributed by atoms with van der Waals surface area (Å²) in [4.78, 5) is 10.4. The maximum absolute atomic E-state index is 10.4. The molecule has 0 aromatic rings. The number of hydrogen-bond donors (Lipinski definition) is 0. The largest absolute Gasteiger partial charge is 0.291 e. The Morgan fingerprint density at radius 1 is 0.667 bits per heavy atom. The zero-order chi connectivity index (χ0) is 15.6. The third-order valence-corrected chi connectivity index (χ3v) is 4.67. The Kier molecular flexibility index (Phi) is 17.4. The van der Waals surface area contributed by atoms with Gasteiger partial charge < -0.3 is 0 Å². The molecule has 0 amide bonds. The zero-order valence-electron chi connectivity index (χ0n) is 14.8. The summed E-state index contributed by atoms with van der Waals surface area (Å²) in [5, 5.41) is 0. The van der Waals surface area contributed by atoms with Gasteiger partial charge in [-0.25, -0.2) is 0 Å². The van der Waals surface area contributed by atoms with Gasteiger partial charge in [0.25, 0.3) is 0 Å². The Bertz CT molecular complexity index is 200. The highest BCUT2D eigenvalue weighted by Gasteiger charge is 2.05. The Morgan fingerprint density at radius 3 is 1.48 bits per heavy atom. The smallest absolute Gasteiger partial charge is 0.198 e. The van der Waals surface area contributed by atoms with Crippen molar-refractivity contribution >= 4 is 6.29 Å². The molecular formula is C20H39O. The molecule has 1 unspecified atom stereocenters. The Morgan fingerprint density at radius 2 is 1.10 bits per heavy atom. The van der Waals surface area contributed by atoms with E-state index >= 15 is 0 Å². The van der Waals surface area contributed by atoms with Crippen LogP contribution in [0, 0.1) is 5.92 Å². The van der Waals surface area contributed by atoms with Gasteiger partial charge in [-0.05, 0) is 5.92 Å². The molecule has 0 rings (SSSR count). The monoisotopic (exact) mass is 295 g/mol. The second-order valence-corrected chi connectivity index (χ2v) is 6.65. The van der Waals surface area contributed by atoms with Gasteiger partial charge in [0.1, 0.15) is 0 Å². The fourth-order valence-electron chi connectivity index (χ4n) is 3.02. The number of carbonyl (C=O) groups excluding carboxylic acids is 1. The van der Waals surface area contributed by atoms with Crippen molar-refractivity contribution in [1.82, 2.24) is 0 Å². The van der Waals surface area contributed by atoms with Crippen LogP contribution in [-0.4, -0.2) is 6.29 Å². The van der Waals surface area contributed by atoms with Crippen molar-refractivity contribution < 1.29 is 4.79 Å². The van der Waals surface area contributed by atoms with E-state index in [1.165, 1.54) is 89.9 Å². The molecule has 0 aromatic carbocycles. The van der Waals surface area contributed by atoms with Crippen LogP contribution >= 0.6 is 0 Å². The van der Waals surface area contributed by atoms with E-state index in [1.54, 1.807) is 0 Å². The first kappa shape index (κ1) is 20.7. The van der Waals surface area contributed by atoms with Gasteiger partial charge in [-0.2, -0.15) is 0 Å². The van der Waals surface area contributed by atoms with E-state index in [0.717, 1.165) is 6.42 Å². The lowest BCUT2D eigenvalue weighted by Crippen LogP contribution is -1.99. The van der Waals surface area contributed by atoms with Gasteiger partial charge in [-0.1, -0.05) is 110 Å². The molecule has 1 radical (unpaired) electrons. The Hall–Kier alpha value is -0.330. The molecule has 0 aromatic heterocycles. The van der Waals surface area contributed by atoms with E-state index in [2.05, 4.69) is 20.1 Å². The predicted molar refractivity (Wildman–Crippen MR) is 94.4 cm³/mol. The van der Waals surface area contributed by atoms with Crippen LogP contribution in [-0.2, 0) is 4.79 Å². The first-order chi connectivity index (χ1) is 10.3. The van der Waals surface area contributed by atoms with E-state index in [0.29, 0.717) is 12.3 Å². The van der Waals surface area contributed by atoms with Gasteiger partial charge in [0.05, 0.1) is 0 Å². The minimum atomic E-state index is 0.593. The third kappa shape index (κ3) is 15.9. The molecule has 0 saturated carbocycles. The van der Waals surface area contributed by atoms with Crippen molar-refractivity contribution in [3.63, 3.8) is 0 Å². The van der Waals surface area contributed by atoms with Crippen LogP contribution in [0.25, 0.3) is 0 Å². The van der Waals surface area contributed by atoms with Crippen molar-refractivity contribution in [3.05, 3.63) is 0 Å². The number of unbranched alkanes of at least 4 members (excludes halogenated alkanes) is 12. The molecule has 0 bridgehead atoms. The first-order valence-electron chi connectivity index (χ1n) is 9.70. The standard InChI is InChI=1S/C20H39O/c1-3-5-6-7-8-9-10-11-12-13-14-15-16-17-20(4-2)18-19-21/h20H,3-18H2,1-2H3. The van der Waals surface area contributed by atoms with Gasteiger partial charge in [0.2, 0.25) is 0 Å². The summed E-state index contributed by atoms with van der Waals surface area (Å²) < 4.78 is 0. The lowest BCUT2D eigenvalue weighted by Gasteiger charge is -2.10. The first-order valence-corrected chi connectivity index (χ1v) is 9.70. The maximum atomic E-state index is 10.4. The minimum Gasteiger partial charge on any atom is -0.291 e. The van der Waals surface area contributed by atoms with Crippen LogP contribution in [0.1, 0.15) is 117 Å². The average Bonchev–Trinajstić information content (AvgIpc) is 2.50. The van der Waals surface area contributed by atoms with Crippen molar-refractivity contribution in [2.75, 3.05) is 0 Å². The number of hydrogen-bond acceptors (Lipinski definition) is 1. The molecule has 0 N–H and O–H groups in total. The summed E-state index contributed by atoms with van der Waals surface area (Å²) in [5.41, 5.74) is 0. The SMILES string of the molecule is CCCCCCCCCCCCCCCC(CC)C[C]=O. The number of rotatable bonds is 17. The highest BCUT2D eigenvalue weighted by atomic mass is 16.1. The van der Waals surface area contributed by atoms with Crippen molar-refractivity contribution in [1.29, 1.82) is 0 Å². The normalized spacial score (nSPS) is 12.5. The van der Waals surface area contributed by atoms with E-state index < -0.39 is 0 Å². The molecule has 0 saturated heterocycles. The third-order valence-electron chi connectivity index (χ3n) is 4.67. The maximum Gasteiger partial charge on any atom is 0.198 e. The van der Waals surface area contributed by atoms with Crippen LogP contribution in [0.3, 0.4) is 0 Å². The van der Waals surface area contributed by atoms with Gasteiger partial charge in [-0.15, -0.1) is 0 Å². The second-order valence-electron chi connectivity index (χ2n) is 6.65. The van der Waals surface area contributed by atoms with E-state index in [1.807, 2.05) is 0 Å². The summed E-state index contributed by atoms with van der Waals surface area (Å²) in [6.45, 7) is 4.47. The van der Waals surface area contributed by atoms with E-state index in [9.17, 15) is 4.79 Å². The summed E-state index contributed by atoms with van der Waals surface area (Å²) in [5.74, 6) is 0.593. The minimum absolute atomic E-state index is 0.593. The molecule has 0 spiro atoms. The summed E-state index contributed by atoms with van der Waals surface area (Å²) >= 11 is 0. The lowest BCUT2D eigenvalue weighted by molar-refractivity contribution is 0.436. The van der Waals surface area contributed by atoms with Gasteiger partial charge >= 0.3 is 0 Å². The Balaban J connectivity index is 3.10. The van der Waals surface area contributed by atoms with Crippen LogP contribution in [0.2, 0.25) is 0 Å². The summed E-state index contributed by atoms with van der Waals surface area (Å²) in [7, 11) is 0. The predicted octanol–water partition coefficient (Wildman–Crippen LogP) is 6.99. The molecule has 0 aliphatic heterocycles. The lowest BCUT2D eigenvalue weighted by atomic mass is 9.95. The highest BCUT2D eigenvalue weighted by Crippen LogP contribution is 2.17. The quantitative estimate of drug-likeness (QED) is 0.264. The molecule has 0 fully saturated rings.